The third-order valence-electron chi connectivity index (χ3n) is 3.13. The van der Waals surface area contributed by atoms with Crippen LogP contribution in [0.2, 0.25) is 0 Å². The minimum Gasteiger partial charge on any atom is -0.497 e. The highest BCUT2D eigenvalue weighted by Gasteiger charge is 2.19. The minimum absolute atomic E-state index is 0.300. The number of nitriles is 1. The Hall–Kier alpha value is -2.80. The molecule has 0 fully saturated rings. The number of nitrogens with zero attached hydrogens (tertiary/aromatic N) is 1. The Morgan fingerprint density at radius 3 is 2.67 bits per heavy atom. The third-order valence-corrected chi connectivity index (χ3v) is 3.13. The van der Waals surface area contributed by atoms with E-state index in [1.54, 1.807) is 19.2 Å². The molecule has 2 rings (SSSR count). The van der Waals surface area contributed by atoms with Gasteiger partial charge < -0.3 is 10.1 Å². The van der Waals surface area contributed by atoms with Gasteiger partial charge in [-0.2, -0.15) is 5.26 Å². The molecule has 0 aromatic heterocycles. The lowest BCUT2D eigenvalue weighted by atomic mass is 10.00. The maximum Gasteiger partial charge on any atom is 0.242 e. The first-order valence-electron chi connectivity index (χ1n) is 6.60. The molecule has 0 bridgehead atoms. The Kier molecular flexibility index (Phi) is 4.94. The Balaban J connectivity index is 2.02. The van der Waals surface area contributed by atoms with Gasteiger partial charge in [0.15, 0.2) is 0 Å². The average molecular weight is 280 g/mol. The third kappa shape index (κ3) is 3.83. The molecule has 2 aromatic rings. The van der Waals surface area contributed by atoms with Gasteiger partial charge >= 0.3 is 0 Å². The summed E-state index contributed by atoms with van der Waals surface area (Å²) in [4.78, 5) is 12.1. The number of carbonyl (C=O) groups excluding carboxylic acids is 1. The van der Waals surface area contributed by atoms with Crippen molar-refractivity contribution in [1.29, 1.82) is 5.26 Å². The summed E-state index contributed by atoms with van der Waals surface area (Å²) in [6.07, 6.45) is 0. The first-order valence-corrected chi connectivity index (χ1v) is 6.60. The second-order valence-corrected chi connectivity index (χ2v) is 4.54. The summed E-state index contributed by atoms with van der Waals surface area (Å²) in [5.41, 5.74) is 1.62. The summed E-state index contributed by atoms with van der Waals surface area (Å²) in [6, 6.07) is 18.5. The first kappa shape index (κ1) is 14.6. The van der Waals surface area contributed by atoms with Crippen molar-refractivity contribution in [1.82, 2.24) is 5.32 Å². The first-order chi connectivity index (χ1) is 10.2. The van der Waals surface area contributed by atoms with Gasteiger partial charge in [-0.3, -0.25) is 4.79 Å². The molecule has 0 heterocycles. The van der Waals surface area contributed by atoms with Crippen molar-refractivity contribution in [2.75, 3.05) is 7.11 Å². The van der Waals surface area contributed by atoms with Crippen LogP contribution in [0, 0.1) is 11.3 Å². The van der Waals surface area contributed by atoms with Crippen molar-refractivity contribution in [3.8, 4) is 11.8 Å². The number of ether oxygens (including phenoxy) is 1. The highest BCUT2D eigenvalue weighted by Crippen LogP contribution is 2.16. The van der Waals surface area contributed by atoms with Crippen LogP contribution < -0.4 is 10.1 Å². The largest absolute Gasteiger partial charge is 0.497 e. The SMILES string of the molecule is COc1cccc(CNC(=O)C(C#N)c2ccccc2)c1. The van der Waals surface area contributed by atoms with E-state index >= 15 is 0 Å². The van der Waals surface area contributed by atoms with Crippen molar-refractivity contribution >= 4 is 5.91 Å². The molecule has 0 saturated carbocycles. The summed E-state index contributed by atoms with van der Waals surface area (Å²) in [5.74, 6) is -0.357. The highest BCUT2D eigenvalue weighted by atomic mass is 16.5. The number of amides is 1. The van der Waals surface area contributed by atoms with Crippen LogP contribution in [0.4, 0.5) is 0 Å². The Labute approximate surface area is 124 Å². The Morgan fingerprint density at radius 2 is 2.00 bits per heavy atom. The molecular formula is C17H16N2O2. The van der Waals surface area contributed by atoms with E-state index in [1.807, 2.05) is 48.5 Å². The fourth-order valence-electron chi connectivity index (χ4n) is 2.00. The molecule has 106 valence electrons. The number of methoxy groups -OCH3 is 1. The molecule has 4 heteroatoms. The Bertz CT molecular complexity index is 647. The average Bonchev–Trinajstić information content (AvgIpc) is 2.55. The molecule has 0 aliphatic carbocycles. The van der Waals surface area contributed by atoms with Crippen LogP contribution in [0.25, 0.3) is 0 Å². The van der Waals surface area contributed by atoms with Gasteiger partial charge in [0, 0.05) is 6.54 Å². The lowest BCUT2D eigenvalue weighted by Crippen LogP contribution is -2.28. The molecule has 0 radical (unpaired) electrons. The number of nitrogens with one attached hydrogen (secondary N) is 1. The second-order valence-electron chi connectivity index (χ2n) is 4.54. The summed E-state index contributed by atoms with van der Waals surface area (Å²) in [7, 11) is 1.60. The van der Waals surface area contributed by atoms with E-state index in [1.165, 1.54) is 0 Å². The maximum atomic E-state index is 12.1. The molecule has 0 aliphatic heterocycles. The van der Waals surface area contributed by atoms with Crippen LogP contribution in [-0.4, -0.2) is 13.0 Å². The van der Waals surface area contributed by atoms with E-state index in [0.717, 1.165) is 11.3 Å². The normalized spacial score (nSPS) is 11.2. The summed E-state index contributed by atoms with van der Waals surface area (Å²) < 4.78 is 5.13. The van der Waals surface area contributed by atoms with Gasteiger partial charge in [-0.05, 0) is 23.3 Å². The van der Waals surface area contributed by atoms with Crippen LogP contribution in [0.15, 0.2) is 54.6 Å². The number of hydrogen-bond acceptors (Lipinski definition) is 3. The molecule has 21 heavy (non-hydrogen) atoms. The van der Waals surface area contributed by atoms with Gasteiger partial charge in [0.05, 0.1) is 13.2 Å². The molecular weight excluding hydrogens is 264 g/mol. The van der Waals surface area contributed by atoms with Crippen molar-refractivity contribution in [2.45, 2.75) is 12.5 Å². The molecule has 1 atom stereocenters. The second kappa shape index (κ2) is 7.11. The lowest BCUT2D eigenvalue weighted by Gasteiger charge is -2.11. The number of carbonyl (C=O) groups is 1. The zero-order valence-electron chi connectivity index (χ0n) is 11.7. The molecule has 1 amide bonds. The predicted molar refractivity (Wildman–Crippen MR) is 79.6 cm³/mol. The minimum atomic E-state index is -0.795. The van der Waals surface area contributed by atoms with Gasteiger partial charge in [0.1, 0.15) is 11.7 Å². The van der Waals surface area contributed by atoms with Gasteiger partial charge in [0.2, 0.25) is 5.91 Å². The molecule has 1 N–H and O–H groups in total. The zero-order valence-corrected chi connectivity index (χ0v) is 11.7. The number of rotatable bonds is 5. The monoisotopic (exact) mass is 280 g/mol. The van der Waals surface area contributed by atoms with Crippen LogP contribution in [-0.2, 0) is 11.3 Å². The van der Waals surface area contributed by atoms with Gasteiger partial charge in [-0.1, -0.05) is 42.5 Å². The Morgan fingerprint density at radius 1 is 1.24 bits per heavy atom. The maximum absolute atomic E-state index is 12.1. The standard InChI is InChI=1S/C17H16N2O2/c1-21-15-9-5-6-13(10-15)12-19-17(20)16(11-18)14-7-3-2-4-8-14/h2-10,16H,12H2,1H3,(H,19,20). The van der Waals surface area contributed by atoms with Gasteiger partial charge in [-0.25, -0.2) is 0 Å². The van der Waals surface area contributed by atoms with Crippen LogP contribution in [0.5, 0.6) is 5.75 Å². The molecule has 0 aliphatic rings. The quantitative estimate of drug-likeness (QED) is 0.915. The van der Waals surface area contributed by atoms with E-state index < -0.39 is 5.92 Å². The summed E-state index contributed by atoms with van der Waals surface area (Å²) in [6.45, 7) is 0.362. The van der Waals surface area contributed by atoms with Crippen LogP contribution in [0.1, 0.15) is 17.0 Å². The predicted octanol–water partition coefficient (Wildman–Crippen LogP) is 2.62. The topological polar surface area (TPSA) is 62.1 Å². The highest BCUT2D eigenvalue weighted by molar-refractivity contribution is 5.86. The zero-order chi connectivity index (χ0) is 15.1. The smallest absolute Gasteiger partial charge is 0.242 e. The number of benzene rings is 2. The van der Waals surface area contributed by atoms with E-state index in [4.69, 9.17) is 4.74 Å². The van der Waals surface area contributed by atoms with E-state index in [0.29, 0.717) is 12.1 Å². The van der Waals surface area contributed by atoms with Gasteiger partial charge in [0.25, 0.3) is 0 Å². The summed E-state index contributed by atoms with van der Waals surface area (Å²) >= 11 is 0. The van der Waals surface area contributed by atoms with E-state index in [9.17, 15) is 10.1 Å². The fourth-order valence-corrected chi connectivity index (χ4v) is 2.00. The molecule has 2 aromatic carbocycles. The van der Waals surface area contributed by atoms with Crippen LogP contribution >= 0.6 is 0 Å². The lowest BCUT2D eigenvalue weighted by molar-refractivity contribution is -0.121. The fraction of sp³-hybridized carbons (Fsp3) is 0.176. The summed E-state index contributed by atoms with van der Waals surface area (Å²) in [5, 5.41) is 12.0. The molecule has 1 unspecified atom stereocenters. The van der Waals surface area contributed by atoms with Crippen LogP contribution in [0.3, 0.4) is 0 Å². The van der Waals surface area contributed by atoms with E-state index in [2.05, 4.69) is 5.32 Å². The van der Waals surface area contributed by atoms with Crippen molar-refractivity contribution in [2.24, 2.45) is 0 Å². The molecule has 0 spiro atoms. The van der Waals surface area contributed by atoms with Crippen molar-refractivity contribution in [3.05, 3.63) is 65.7 Å². The van der Waals surface area contributed by atoms with Gasteiger partial charge in [-0.15, -0.1) is 0 Å². The van der Waals surface area contributed by atoms with Crippen molar-refractivity contribution < 1.29 is 9.53 Å². The molecule has 4 nitrogen and oxygen atoms in total. The van der Waals surface area contributed by atoms with Crippen molar-refractivity contribution in [3.63, 3.8) is 0 Å². The van der Waals surface area contributed by atoms with E-state index in [-0.39, 0.29) is 5.91 Å². The number of hydrogen-bond donors (Lipinski definition) is 1. The molecule has 0 saturated heterocycles.